The summed E-state index contributed by atoms with van der Waals surface area (Å²) in [4.78, 5) is 32.2. The molecule has 166 valence electrons. The first-order valence-corrected chi connectivity index (χ1v) is 11.0. The molecule has 1 N–H and O–H groups in total. The zero-order valence-electron chi connectivity index (χ0n) is 18.0. The van der Waals surface area contributed by atoms with Crippen LogP contribution in [0.2, 0.25) is 0 Å². The van der Waals surface area contributed by atoms with Crippen LogP contribution in [-0.4, -0.2) is 48.4 Å². The molecule has 0 radical (unpaired) electrons. The third-order valence-corrected chi connectivity index (χ3v) is 6.78. The first-order valence-electron chi connectivity index (χ1n) is 11.0. The fourth-order valence-corrected chi connectivity index (χ4v) is 5.03. The van der Waals surface area contributed by atoms with Crippen molar-refractivity contribution < 1.29 is 18.7 Å². The lowest BCUT2D eigenvalue weighted by Crippen LogP contribution is -2.42. The number of fused-ring (bicyclic) bond motifs is 1. The quantitative estimate of drug-likeness (QED) is 0.672. The van der Waals surface area contributed by atoms with E-state index in [0.717, 1.165) is 29.5 Å². The van der Waals surface area contributed by atoms with Crippen molar-refractivity contribution in [2.24, 2.45) is 5.92 Å². The van der Waals surface area contributed by atoms with E-state index in [-0.39, 0.29) is 30.5 Å². The Hall–Kier alpha value is -3.35. The molecule has 3 aromatic rings. The van der Waals surface area contributed by atoms with Crippen molar-refractivity contribution in [1.29, 1.82) is 0 Å². The maximum Gasteiger partial charge on any atom is 0.228 e. The molecule has 0 aliphatic carbocycles. The van der Waals surface area contributed by atoms with E-state index in [2.05, 4.69) is 17.2 Å². The topological polar surface area (TPSA) is 65.6 Å². The molecule has 1 unspecified atom stereocenters. The number of methoxy groups -OCH3 is 1. The minimum Gasteiger partial charge on any atom is -0.497 e. The van der Waals surface area contributed by atoms with Crippen molar-refractivity contribution in [2.75, 3.05) is 31.6 Å². The van der Waals surface area contributed by atoms with Crippen LogP contribution in [0.15, 0.2) is 48.7 Å². The van der Waals surface area contributed by atoms with Gasteiger partial charge in [-0.15, -0.1) is 0 Å². The Labute approximate surface area is 186 Å². The van der Waals surface area contributed by atoms with Gasteiger partial charge in [0, 0.05) is 43.2 Å². The van der Waals surface area contributed by atoms with Crippen LogP contribution in [0.1, 0.15) is 30.7 Å². The molecular weight excluding hydrogens is 409 g/mol. The van der Waals surface area contributed by atoms with Gasteiger partial charge in [0.1, 0.15) is 11.6 Å². The number of aromatic nitrogens is 1. The highest BCUT2D eigenvalue weighted by atomic mass is 19.1. The zero-order valence-corrected chi connectivity index (χ0v) is 18.0. The van der Waals surface area contributed by atoms with Crippen LogP contribution in [-0.2, 0) is 9.59 Å². The van der Waals surface area contributed by atoms with E-state index >= 15 is 0 Å². The molecule has 1 aromatic heterocycles. The van der Waals surface area contributed by atoms with Crippen molar-refractivity contribution in [3.8, 4) is 5.75 Å². The molecule has 2 fully saturated rings. The number of ether oxygens (including phenoxy) is 1. The number of para-hydroxylation sites is 1. The Morgan fingerprint density at radius 3 is 2.69 bits per heavy atom. The van der Waals surface area contributed by atoms with Crippen LogP contribution < -0.4 is 9.64 Å². The Morgan fingerprint density at radius 1 is 1.16 bits per heavy atom. The highest BCUT2D eigenvalue weighted by Crippen LogP contribution is 2.36. The SMILES string of the molecule is COc1ccc2[nH]cc(C3CCN(C(=O)C4CC(=O)N(c5ccccc5F)C4)CC3)c2c1. The number of hydrogen-bond donors (Lipinski definition) is 1. The van der Waals surface area contributed by atoms with Gasteiger partial charge in [-0.05, 0) is 54.7 Å². The molecule has 6 nitrogen and oxygen atoms in total. The van der Waals surface area contributed by atoms with Gasteiger partial charge in [-0.2, -0.15) is 0 Å². The summed E-state index contributed by atoms with van der Waals surface area (Å²) in [6.45, 7) is 1.55. The molecule has 1 atom stereocenters. The average molecular weight is 435 g/mol. The second kappa shape index (κ2) is 8.30. The number of nitrogens with zero attached hydrogens (tertiary/aromatic N) is 2. The Morgan fingerprint density at radius 2 is 1.94 bits per heavy atom. The molecule has 2 aromatic carbocycles. The predicted octanol–water partition coefficient (Wildman–Crippen LogP) is 4.07. The Kier molecular flexibility index (Phi) is 5.33. The largest absolute Gasteiger partial charge is 0.497 e. The first-order chi connectivity index (χ1) is 15.5. The second-order valence-electron chi connectivity index (χ2n) is 8.61. The van der Waals surface area contributed by atoms with Crippen LogP contribution >= 0.6 is 0 Å². The van der Waals surface area contributed by atoms with Gasteiger partial charge in [-0.25, -0.2) is 4.39 Å². The van der Waals surface area contributed by atoms with Crippen molar-refractivity contribution in [2.45, 2.75) is 25.2 Å². The normalized spacial score (nSPS) is 19.7. The van der Waals surface area contributed by atoms with Crippen molar-refractivity contribution in [3.63, 3.8) is 0 Å². The van der Waals surface area contributed by atoms with Crippen LogP contribution in [0.3, 0.4) is 0 Å². The lowest BCUT2D eigenvalue weighted by atomic mass is 9.88. The molecular formula is C25H26FN3O3. The summed E-state index contributed by atoms with van der Waals surface area (Å²) in [5.74, 6) is 0.129. The monoisotopic (exact) mass is 435 g/mol. The third kappa shape index (κ3) is 3.61. The number of nitrogens with one attached hydrogen (secondary N) is 1. The highest BCUT2D eigenvalue weighted by molar-refractivity contribution is 6.00. The summed E-state index contributed by atoms with van der Waals surface area (Å²) < 4.78 is 19.5. The Balaban J connectivity index is 1.25. The Bertz CT molecular complexity index is 1170. The maximum absolute atomic E-state index is 14.1. The molecule has 0 saturated carbocycles. The molecule has 5 rings (SSSR count). The summed E-state index contributed by atoms with van der Waals surface area (Å²) in [5.41, 5.74) is 2.59. The molecule has 2 aliphatic heterocycles. The number of hydrogen-bond acceptors (Lipinski definition) is 3. The molecule has 0 spiro atoms. The molecule has 2 aliphatic rings. The van der Waals surface area contributed by atoms with Gasteiger partial charge < -0.3 is 19.5 Å². The van der Waals surface area contributed by atoms with Gasteiger partial charge in [0.2, 0.25) is 11.8 Å². The molecule has 3 heterocycles. The van der Waals surface area contributed by atoms with E-state index in [1.807, 2.05) is 17.0 Å². The summed E-state index contributed by atoms with van der Waals surface area (Å²) >= 11 is 0. The summed E-state index contributed by atoms with van der Waals surface area (Å²) in [6, 6.07) is 12.2. The van der Waals surface area contributed by atoms with Gasteiger partial charge in [-0.3, -0.25) is 9.59 Å². The third-order valence-electron chi connectivity index (χ3n) is 6.78. The van der Waals surface area contributed by atoms with E-state index in [1.165, 1.54) is 16.5 Å². The standard InChI is InChI=1S/C25H26FN3O3/c1-32-18-6-7-22-19(13-18)20(14-27-22)16-8-10-28(11-9-16)25(31)17-12-24(30)29(15-17)23-5-3-2-4-21(23)26/h2-7,13-14,16-17,27H,8-12,15H2,1H3. The number of likely N-dealkylation sites (tertiary alicyclic amines) is 1. The van der Waals surface area contributed by atoms with E-state index in [4.69, 9.17) is 4.74 Å². The van der Waals surface area contributed by atoms with E-state index in [1.54, 1.807) is 25.3 Å². The highest BCUT2D eigenvalue weighted by Gasteiger charge is 2.39. The minimum atomic E-state index is -0.440. The van der Waals surface area contributed by atoms with Gasteiger partial charge in [0.15, 0.2) is 0 Å². The number of halogens is 1. The van der Waals surface area contributed by atoms with Crippen LogP contribution in [0, 0.1) is 11.7 Å². The number of benzene rings is 2. The van der Waals surface area contributed by atoms with Crippen molar-refractivity contribution >= 4 is 28.4 Å². The second-order valence-corrected chi connectivity index (χ2v) is 8.61. The number of H-pyrrole nitrogens is 1. The number of carbonyl (C=O) groups is 2. The fraction of sp³-hybridized carbons (Fsp3) is 0.360. The van der Waals surface area contributed by atoms with Gasteiger partial charge in [0.25, 0.3) is 0 Å². The van der Waals surface area contributed by atoms with Crippen LogP contribution in [0.4, 0.5) is 10.1 Å². The number of amides is 2. The number of anilines is 1. The number of aromatic amines is 1. The van der Waals surface area contributed by atoms with Gasteiger partial charge in [0.05, 0.1) is 18.7 Å². The van der Waals surface area contributed by atoms with Gasteiger partial charge >= 0.3 is 0 Å². The molecule has 32 heavy (non-hydrogen) atoms. The number of rotatable bonds is 4. The zero-order chi connectivity index (χ0) is 22.2. The maximum atomic E-state index is 14.1. The number of carbonyl (C=O) groups excluding carboxylic acids is 2. The van der Waals surface area contributed by atoms with Crippen LogP contribution in [0.5, 0.6) is 5.75 Å². The van der Waals surface area contributed by atoms with Crippen LogP contribution in [0.25, 0.3) is 10.9 Å². The summed E-state index contributed by atoms with van der Waals surface area (Å²) in [6.07, 6.45) is 3.94. The lowest BCUT2D eigenvalue weighted by Gasteiger charge is -2.33. The average Bonchev–Trinajstić information content (AvgIpc) is 3.42. The van der Waals surface area contributed by atoms with Gasteiger partial charge in [-0.1, -0.05) is 12.1 Å². The minimum absolute atomic E-state index is 0.00349. The number of piperidine rings is 1. The first kappa shape index (κ1) is 20.5. The smallest absolute Gasteiger partial charge is 0.228 e. The molecule has 7 heteroatoms. The van der Waals surface area contributed by atoms with E-state index in [0.29, 0.717) is 19.0 Å². The molecule has 0 bridgehead atoms. The van der Waals surface area contributed by atoms with Crippen molar-refractivity contribution in [1.82, 2.24) is 9.88 Å². The predicted molar refractivity (Wildman–Crippen MR) is 120 cm³/mol. The fourth-order valence-electron chi connectivity index (χ4n) is 5.03. The summed E-state index contributed by atoms with van der Waals surface area (Å²) in [5, 5.41) is 1.16. The van der Waals surface area contributed by atoms with E-state index in [9.17, 15) is 14.0 Å². The van der Waals surface area contributed by atoms with Crippen molar-refractivity contribution in [3.05, 3.63) is 60.0 Å². The summed E-state index contributed by atoms with van der Waals surface area (Å²) in [7, 11) is 1.67. The molecule has 2 saturated heterocycles. The van der Waals surface area contributed by atoms with E-state index < -0.39 is 11.7 Å². The lowest BCUT2D eigenvalue weighted by molar-refractivity contribution is -0.136. The molecule has 2 amide bonds.